The minimum absolute atomic E-state index is 0.0526. The van der Waals surface area contributed by atoms with Crippen LogP contribution < -0.4 is 5.32 Å². The molecule has 7 heteroatoms. The van der Waals surface area contributed by atoms with Gasteiger partial charge in [0.05, 0.1) is 24.0 Å². The second-order valence-corrected chi connectivity index (χ2v) is 7.14. The van der Waals surface area contributed by atoms with Gasteiger partial charge in [0.2, 0.25) is 5.91 Å². The zero-order chi connectivity index (χ0) is 16.2. The van der Waals surface area contributed by atoms with Gasteiger partial charge in [0.1, 0.15) is 0 Å². The van der Waals surface area contributed by atoms with E-state index < -0.39 is 0 Å². The molecule has 1 aliphatic heterocycles. The van der Waals surface area contributed by atoms with Crippen LogP contribution in [0.2, 0.25) is 0 Å². The Morgan fingerprint density at radius 2 is 2.22 bits per heavy atom. The predicted molar refractivity (Wildman–Crippen MR) is 90.9 cm³/mol. The first-order chi connectivity index (χ1) is 11.2. The molecule has 1 aromatic carbocycles. The van der Waals surface area contributed by atoms with Crippen LogP contribution in [0, 0.1) is 0 Å². The molecule has 2 aromatic rings. The van der Waals surface area contributed by atoms with Gasteiger partial charge in [0, 0.05) is 10.3 Å². The number of ether oxygens (including phenoxy) is 1. The van der Waals surface area contributed by atoms with E-state index in [2.05, 4.69) is 16.4 Å². The van der Waals surface area contributed by atoms with E-state index in [1.807, 2.05) is 18.2 Å². The summed E-state index contributed by atoms with van der Waals surface area (Å²) in [5.41, 5.74) is 1.82. The second-order valence-electron chi connectivity index (χ2n) is 5.03. The van der Waals surface area contributed by atoms with E-state index >= 15 is 0 Å². The molecule has 1 N–H and O–H groups in total. The summed E-state index contributed by atoms with van der Waals surface area (Å²) in [7, 11) is 0. The number of carbonyl (C=O) groups excluding carboxylic acids is 2. The normalized spacial score (nSPS) is 16.0. The van der Waals surface area contributed by atoms with Crippen LogP contribution in [0.3, 0.4) is 0 Å². The van der Waals surface area contributed by atoms with Crippen molar-refractivity contribution in [1.82, 2.24) is 4.98 Å². The molecule has 1 aromatic heterocycles. The van der Waals surface area contributed by atoms with Crippen LogP contribution in [-0.4, -0.2) is 28.7 Å². The number of esters is 1. The summed E-state index contributed by atoms with van der Waals surface area (Å²) in [5, 5.41) is 4.99. The standard InChI is InChI=1S/C16H16N2O3S2/c1-2-21-14(19)8-11-9-22-16(17-11)18-15(20)13-7-10-5-3-4-6-12(10)23-13/h3-6,9,13H,2,7-8H2,1H3,(H,17,18,20). The number of hydrogen-bond donors (Lipinski definition) is 1. The van der Waals surface area contributed by atoms with E-state index in [-0.39, 0.29) is 23.5 Å². The predicted octanol–water partition coefficient (Wildman–Crippen LogP) is 2.90. The molecular weight excluding hydrogens is 332 g/mol. The number of aromatic nitrogens is 1. The molecule has 1 atom stereocenters. The van der Waals surface area contributed by atoms with Gasteiger partial charge in [-0.15, -0.1) is 23.1 Å². The van der Waals surface area contributed by atoms with Crippen molar-refractivity contribution in [3.8, 4) is 0 Å². The van der Waals surface area contributed by atoms with Gasteiger partial charge < -0.3 is 10.1 Å². The first-order valence-electron chi connectivity index (χ1n) is 7.31. The average molecular weight is 348 g/mol. The molecule has 1 aliphatic rings. The molecule has 0 bridgehead atoms. The van der Waals surface area contributed by atoms with Crippen molar-refractivity contribution in [2.24, 2.45) is 0 Å². The molecule has 2 heterocycles. The summed E-state index contributed by atoms with van der Waals surface area (Å²) in [4.78, 5) is 29.2. The lowest BCUT2D eigenvalue weighted by molar-refractivity contribution is -0.142. The maximum atomic E-state index is 12.4. The average Bonchev–Trinajstić information content (AvgIpc) is 3.14. The fraction of sp³-hybridized carbons (Fsp3) is 0.312. The van der Waals surface area contributed by atoms with Crippen molar-refractivity contribution < 1.29 is 14.3 Å². The van der Waals surface area contributed by atoms with Gasteiger partial charge in [-0.05, 0) is 25.0 Å². The summed E-state index contributed by atoms with van der Waals surface area (Å²) < 4.78 is 4.89. The SMILES string of the molecule is CCOC(=O)Cc1csc(NC(=O)C2Cc3ccccc3S2)n1. The van der Waals surface area contributed by atoms with Crippen molar-refractivity contribution in [1.29, 1.82) is 0 Å². The molecule has 0 aliphatic carbocycles. The number of fused-ring (bicyclic) bond motifs is 1. The Morgan fingerprint density at radius 3 is 3.00 bits per heavy atom. The summed E-state index contributed by atoms with van der Waals surface area (Å²) in [5.74, 6) is -0.360. The van der Waals surface area contributed by atoms with Crippen LogP contribution in [0.4, 0.5) is 5.13 Å². The fourth-order valence-corrected chi connectivity index (χ4v) is 4.23. The van der Waals surface area contributed by atoms with Crippen LogP contribution in [0.15, 0.2) is 34.5 Å². The highest BCUT2D eigenvalue weighted by atomic mass is 32.2. The summed E-state index contributed by atoms with van der Waals surface area (Å²) >= 11 is 2.90. The molecule has 0 radical (unpaired) electrons. The molecule has 120 valence electrons. The molecule has 1 unspecified atom stereocenters. The third-order valence-electron chi connectivity index (χ3n) is 3.35. The molecule has 0 fully saturated rings. The number of hydrogen-bond acceptors (Lipinski definition) is 6. The van der Waals surface area contributed by atoms with E-state index in [1.54, 1.807) is 24.1 Å². The Morgan fingerprint density at radius 1 is 1.39 bits per heavy atom. The van der Waals surface area contributed by atoms with Crippen LogP contribution in [0.25, 0.3) is 0 Å². The Balaban J connectivity index is 1.57. The minimum atomic E-state index is -0.308. The van der Waals surface area contributed by atoms with E-state index in [0.717, 1.165) is 11.3 Å². The maximum absolute atomic E-state index is 12.4. The molecule has 3 rings (SSSR count). The highest BCUT2D eigenvalue weighted by molar-refractivity contribution is 8.01. The molecule has 0 saturated heterocycles. The van der Waals surface area contributed by atoms with Gasteiger partial charge in [0.15, 0.2) is 5.13 Å². The van der Waals surface area contributed by atoms with Gasteiger partial charge in [-0.3, -0.25) is 9.59 Å². The van der Waals surface area contributed by atoms with E-state index in [1.165, 1.54) is 16.9 Å². The van der Waals surface area contributed by atoms with E-state index in [0.29, 0.717) is 17.4 Å². The number of thioether (sulfide) groups is 1. The minimum Gasteiger partial charge on any atom is -0.466 e. The molecule has 23 heavy (non-hydrogen) atoms. The number of benzene rings is 1. The number of nitrogens with zero attached hydrogens (tertiary/aromatic N) is 1. The van der Waals surface area contributed by atoms with E-state index in [9.17, 15) is 9.59 Å². The fourth-order valence-electron chi connectivity index (χ4n) is 2.32. The number of nitrogens with one attached hydrogen (secondary N) is 1. The van der Waals surface area contributed by atoms with Gasteiger partial charge >= 0.3 is 5.97 Å². The Hall–Kier alpha value is -1.86. The number of amides is 1. The maximum Gasteiger partial charge on any atom is 0.311 e. The summed E-state index contributed by atoms with van der Waals surface area (Å²) in [6, 6.07) is 8.06. The third kappa shape index (κ3) is 3.92. The van der Waals surface area contributed by atoms with Crippen molar-refractivity contribution >= 4 is 40.1 Å². The Labute approximate surface area is 142 Å². The molecule has 0 saturated carbocycles. The van der Waals surface area contributed by atoms with Crippen LogP contribution in [0.5, 0.6) is 0 Å². The molecule has 5 nitrogen and oxygen atoms in total. The molecule has 1 amide bonds. The van der Waals surface area contributed by atoms with Crippen molar-refractivity contribution in [3.05, 3.63) is 40.9 Å². The summed E-state index contributed by atoms with van der Waals surface area (Å²) in [6.45, 7) is 2.12. The molecule has 0 spiro atoms. The number of thiazole rings is 1. The molecular formula is C16H16N2O3S2. The van der Waals surface area contributed by atoms with Crippen LogP contribution in [0.1, 0.15) is 18.2 Å². The first kappa shape index (κ1) is 16.0. The largest absolute Gasteiger partial charge is 0.466 e. The zero-order valence-electron chi connectivity index (χ0n) is 12.6. The van der Waals surface area contributed by atoms with Gasteiger partial charge in [-0.1, -0.05) is 18.2 Å². The van der Waals surface area contributed by atoms with Crippen LogP contribution in [-0.2, 0) is 27.2 Å². The zero-order valence-corrected chi connectivity index (χ0v) is 14.2. The lowest BCUT2D eigenvalue weighted by Crippen LogP contribution is -2.24. The number of rotatable bonds is 5. The van der Waals surface area contributed by atoms with Crippen molar-refractivity contribution in [2.75, 3.05) is 11.9 Å². The first-order valence-corrected chi connectivity index (χ1v) is 9.07. The summed E-state index contributed by atoms with van der Waals surface area (Å²) in [6.07, 6.45) is 0.859. The third-order valence-corrected chi connectivity index (χ3v) is 5.48. The lowest BCUT2D eigenvalue weighted by Gasteiger charge is -2.07. The van der Waals surface area contributed by atoms with Crippen LogP contribution >= 0.6 is 23.1 Å². The topological polar surface area (TPSA) is 68.3 Å². The van der Waals surface area contributed by atoms with Gasteiger partial charge in [-0.25, -0.2) is 4.98 Å². The number of anilines is 1. The smallest absolute Gasteiger partial charge is 0.311 e. The Bertz CT molecular complexity index is 705. The second kappa shape index (κ2) is 7.14. The quantitative estimate of drug-likeness (QED) is 0.842. The highest BCUT2D eigenvalue weighted by Crippen LogP contribution is 2.37. The van der Waals surface area contributed by atoms with Gasteiger partial charge in [-0.2, -0.15) is 0 Å². The monoisotopic (exact) mass is 348 g/mol. The Kier molecular flexibility index (Phi) is 4.97. The van der Waals surface area contributed by atoms with E-state index in [4.69, 9.17) is 4.74 Å². The lowest BCUT2D eigenvalue weighted by atomic mass is 10.1. The van der Waals surface area contributed by atoms with Crippen molar-refractivity contribution in [3.63, 3.8) is 0 Å². The highest BCUT2D eigenvalue weighted by Gasteiger charge is 2.28. The van der Waals surface area contributed by atoms with Gasteiger partial charge in [0.25, 0.3) is 0 Å². The van der Waals surface area contributed by atoms with Crippen molar-refractivity contribution in [2.45, 2.75) is 29.9 Å². The number of carbonyl (C=O) groups is 2.